The van der Waals surface area contributed by atoms with Crippen LogP contribution >= 0.6 is 34.2 Å². The third-order valence-corrected chi connectivity index (χ3v) is 2.47. The molecule has 0 bridgehead atoms. The van der Waals surface area contributed by atoms with Crippen molar-refractivity contribution in [3.8, 4) is 0 Å². The molecule has 10 heteroatoms. The van der Waals surface area contributed by atoms with Crippen molar-refractivity contribution >= 4 is 51.7 Å². The lowest BCUT2D eigenvalue weighted by molar-refractivity contribution is -0.869. The number of hydrogen-bond acceptors (Lipinski definition) is 5. The Balaban J connectivity index is 0. The third-order valence-electron chi connectivity index (χ3n) is 2.19. The lowest BCUT2D eigenvalue weighted by atomic mass is 10.3. The molecule has 1 heterocycles. The minimum atomic E-state index is -0.407. The summed E-state index contributed by atoms with van der Waals surface area (Å²) in [6, 6.07) is 0. The number of carbonyl (C=O) groups excluding carboxylic acids is 1. The number of anilines is 2. The second kappa shape index (κ2) is 10.6. The molecule has 7 nitrogen and oxygen atoms in total. The number of nitrogens with zero attached hydrogens (tertiary/aromatic N) is 3. The van der Waals surface area contributed by atoms with Crippen LogP contribution in [0.15, 0.2) is 0 Å². The molecule has 1 aromatic heterocycles. The Morgan fingerprint density at radius 1 is 1.24 bits per heavy atom. The van der Waals surface area contributed by atoms with Crippen LogP contribution < -0.4 is 40.8 Å². The second-order valence-electron chi connectivity index (χ2n) is 4.90. The Hall–Kier alpha value is -0.140. The Kier molecular flexibility index (Phi) is 11.6. The summed E-state index contributed by atoms with van der Waals surface area (Å²) in [4.78, 5) is 21.4. The average Bonchev–Trinajstić information content (AvgIpc) is 2.34. The lowest BCUT2D eigenvalue weighted by Gasteiger charge is -2.23. The van der Waals surface area contributed by atoms with Crippen LogP contribution in [-0.4, -0.2) is 59.5 Å². The zero-order valence-electron chi connectivity index (χ0n) is 12.5. The molecule has 1 rings (SSSR count). The van der Waals surface area contributed by atoms with Crippen molar-refractivity contribution in [3.05, 3.63) is 10.8 Å². The molecule has 0 saturated heterocycles. The minimum absolute atomic E-state index is 0. The highest BCUT2D eigenvalue weighted by Crippen LogP contribution is 2.16. The van der Waals surface area contributed by atoms with E-state index in [0.717, 1.165) is 11.0 Å². The zero-order valence-corrected chi connectivity index (χ0v) is 17.5. The largest absolute Gasteiger partial charge is 1.00 e. The first kappa shape index (κ1) is 23.1. The van der Waals surface area contributed by atoms with Gasteiger partial charge in [-0.05, 0) is 4.93 Å². The Labute approximate surface area is 161 Å². The van der Waals surface area contributed by atoms with Gasteiger partial charge in [0.15, 0.2) is 22.5 Å². The van der Waals surface area contributed by atoms with Crippen LogP contribution in [0, 0.1) is 0 Å². The van der Waals surface area contributed by atoms with Crippen molar-refractivity contribution in [3.63, 3.8) is 0 Å². The van der Waals surface area contributed by atoms with E-state index < -0.39 is 5.91 Å². The summed E-state index contributed by atoms with van der Waals surface area (Å²) in [5.41, 5.74) is 11.0. The van der Waals surface area contributed by atoms with E-state index in [1.807, 2.05) is 26.1 Å². The first-order valence-electron chi connectivity index (χ1n) is 5.75. The molecule has 0 unspecified atom stereocenters. The van der Waals surface area contributed by atoms with Crippen LogP contribution in [0.25, 0.3) is 0 Å². The van der Waals surface area contributed by atoms with E-state index in [-0.39, 0.29) is 46.5 Å². The number of likely N-dealkylation sites (N-methyl/N-ethyl adjacent to an activating group) is 1. The zero-order chi connectivity index (χ0) is 15.9. The van der Waals surface area contributed by atoms with E-state index in [1.54, 1.807) is 0 Å². The van der Waals surface area contributed by atoms with Crippen LogP contribution in [0.5, 0.6) is 0 Å². The molecule has 0 aromatic carbocycles. The number of aromatic nitrogens is 2. The lowest BCUT2D eigenvalue weighted by Crippen LogP contribution is -3.00. The van der Waals surface area contributed by atoms with Crippen LogP contribution in [0.4, 0.5) is 11.6 Å². The van der Waals surface area contributed by atoms with Gasteiger partial charge in [0.05, 0.1) is 34.2 Å². The van der Waals surface area contributed by atoms with E-state index in [4.69, 9.17) is 23.1 Å². The molecule has 0 fully saturated rings. The Morgan fingerprint density at radius 2 is 1.76 bits per heavy atom. The summed E-state index contributed by atoms with van der Waals surface area (Å²) in [5.74, 6) is -0.424. The molecule has 0 radical (unpaired) electrons. The highest BCUT2D eigenvalue weighted by atomic mass is 127. The van der Waals surface area contributed by atoms with Crippen LogP contribution in [0.2, 0.25) is 5.15 Å². The molecule has 0 aliphatic carbocycles. The van der Waals surface area contributed by atoms with Crippen molar-refractivity contribution in [1.82, 2.24) is 15.3 Å². The summed E-state index contributed by atoms with van der Waals surface area (Å²) in [7, 11) is 6.08. The van der Waals surface area contributed by atoms with Crippen molar-refractivity contribution in [2.24, 2.45) is 0 Å². The van der Waals surface area contributed by atoms with E-state index in [0.29, 0.717) is 6.54 Å². The van der Waals surface area contributed by atoms with Gasteiger partial charge in [0, 0.05) is 0 Å². The fraction of sp³-hybridized carbons (Fsp3) is 0.545. The summed E-state index contributed by atoms with van der Waals surface area (Å²) in [5, 5.41) is 2.68. The van der Waals surface area contributed by atoms with Crippen LogP contribution in [-0.2, 0) is 0 Å². The highest BCUT2D eigenvalue weighted by molar-refractivity contribution is 14.1. The number of halogens is 3. The van der Waals surface area contributed by atoms with Crippen LogP contribution in [0.3, 0.4) is 0 Å². The molecule has 21 heavy (non-hydrogen) atoms. The van der Waals surface area contributed by atoms with E-state index in [9.17, 15) is 4.79 Å². The first-order chi connectivity index (χ1) is 9.20. The normalized spacial score (nSPS) is 10.0. The predicted octanol–water partition coefficient (Wildman–Crippen LogP) is -2.21. The van der Waals surface area contributed by atoms with Gasteiger partial charge >= 0.3 is 0 Å². The number of nitrogens with two attached hydrogens (primary N) is 2. The minimum Gasteiger partial charge on any atom is -1.00 e. The first-order valence-corrected chi connectivity index (χ1v) is 8.29. The van der Waals surface area contributed by atoms with E-state index in [1.165, 1.54) is 0 Å². The maximum absolute atomic E-state index is 11.8. The number of quaternary nitrogens is 1. The number of nitrogen functional groups attached to an aromatic ring is 2. The standard InChI is InChI=1S/C10H17ClN6O.CH3I.HI/c1-17(2,3)5-4-14-10(18)6-8(12)16-9(13)7(11)15-6;1-2;/h4-5H2,1-3H3,(H4-,12,13,14,16,18);1H3;1H. The second-order valence-corrected chi connectivity index (χ2v) is 5.26. The molecule has 0 aliphatic heterocycles. The quantitative estimate of drug-likeness (QED) is 0.227. The smallest absolute Gasteiger partial charge is 0.273 e. The van der Waals surface area contributed by atoms with Gasteiger partial charge < -0.3 is 45.2 Å². The number of hydrogen-bond donors (Lipinski definition) is 3. The van der Waals surface area contributed by atoms with Gasteiger partial charge in [-0.3, -0.25) is 4.79 Å². The number of rotatable bonds is 4. The molecule has 1 aromatic rings. The average molecular weight is 543 g/mol. The predicted molar refractivity (Wildman–Crippen MR) is 91.0 cm³/mol. The van der Waals surface area contributed by atoms with Crippen molar-refractivity contribution < 1.29 is 33.3 Å². The summed E-state index contributed by atoms with van der Waals surface area (Å²) >= 11 is 7.85. The molecule has 5 N–H and O–H groups in total. The molecule has 0 spiro atoms. The topological polar surface area (TPSA) is 107 Å². The van der Waals surface area contributed by atoms with Gasteiger partial charge in [-0.25, -0.2) is 9.97 Å². The van der Waals surface area contributed by atoms with Gasteiger partial charge in [-0.15, -0.1) is 0 Å². The Morgan fingerprint density at radius 3 is 2.24 bits per heavy atom. The van der Waals surface area contributed by atoms with Gasteiger partial charge in [-0.2, -0.15) is 0 Å². The molecule has 1 amide bonds. The summed E-state index contributed by atoms with van der Waals surface area (Å²) in [6.07, 6.45) is 0. The van der Waals surface area contributed by atoms with Gasteiger partial charge in [0.1, 0.15) is 0 Å². The summed E-state index contributed by atoms with van der Waals surface area (Å²) < 4.78 is 0.740. The number of amides is 1. The SMILES string of the molecule is CI.C[N+](C)(C)CCNC(=O)c1nc(Cl)c(N)nc1N.[I-]. The molecule has 122 valence electrons. The van der Waals surface area contributed by atoms with Crippen LogP contribution in [0.1, 0.15) is 10.5 Å². The molecule has 0 saturated carbocycles. The number of nitrogens with one attached hydrogen (secondary N) is 1. The molecule has 0 aliphatic rings. The van der Waals surface area contributed by atoms with Crippen molar-refractivity contribution in [2.45, 2.75) is 0 Å². The molecular weight excluding hydrogens is 521 g/mol. The van der Waals surface area contributed by atoms with Crippen molar-refractivity contribution in [2.75, 3.05) is 50.6 Å². The van der Waals surface area contributed by atoms with Gasteiger partial charge in [0.2, 0.25) is 0 Å². The van der Waals surface area contributed by atoms with Crippen molar-refractivity contribution in [1.29, 1.82) is 0 Å². The molecular formula is C11H21ClI2N6O. The Bertz CT molecular complexity index is 467. The highest BCUT2D eigenvalue weighted by Gasteiger charge is 2.16. The maximum Gasteiger partial charge on any atom is 0.273 e. The maximum atomic E-state index is 11.8. The third kappa shape index (κ3) is 8.78. The monoisotopic (exact) mass is 542 g/mol. The van der Waals surface area contributed by atoms with E-state index in [2.05, 4.69) is 37.9 Å². The number of carbonyl (C=O) groups is 1. The molecule has 0 atom stereocenters. The van der Waals surface area contributed by atoms with Gasteiger partial charge in [-0.1, -0.05) is 34.2 Å². The summed E-state index contributed by atoms with van der Waals surface area (Å²) in [6.45, 7) is 1.28. The van der Waals surface area contributed by atoms with E-state index >= 15 is 0 Å². The number of alkyl halides is 1. The fourth-order valence-electron chi connectivity index (χ4n) is 1.20. The van der Waals surface area contributed by atoms with Gasteiger partial charge in [0.25, 0.3) is 5.91 Å². The fourth-order valence-corrected chi connectivity index (χ4v) is 1.32.